The number of likely N-dealkylation sites (tertiary alicyclic amines) is 1. The summed E-state index contributed by atoms with van der Waals surface area (Å²) in [6, 6.07) is 6.50. The minimum Gasteiger partial charge on any atom is -0.394 e. The van der Waals surface area contributed by atoms with Gasteiger partial charge < -0.3 is 15.3 Å². The molecule has 0 bridgehead atoms. The van der Waals surface area contributed by atoms with Gasteiger partial charge in [-0.15, -0.1) is 0 Å². The van der Waals surface area contributed by atoms with Gasteiger partial charge in [-0.1, -0.05) is 11.6 Å². The molecule has 5 nitrogen and oxygen atoms in total. The monoisotopic (exact) mass is 324 g/mol. The molecule has 1 aromatic carbocycles. The molecule has 0 radical (unpaired) electrons. The van der Waals surface area contributed by atoms with E-state index in [2.05, 4.69) is 5.32 Å². The summed E-state index contributed by atoms with van der Waals surface area (Å²) in [5.74, 6) is -0.404. The van der Waals surface area contributed by atoms with E-state index in [1.807, 2.05) is 0 Å². The average molecular weight is 325 g/mol. The van der Waals surface area contributed by atoms with Crippen molar-refractivity contribution in [1.29, 1.82) is 0 Å². The Morgan fingerprint density at radius 3 is 2.73 bits per heavy atom. The van der Waals surface area contributed by atoms with Crippen LogP contribution in [0.1, 0.15) is 30.1 Å². The number of piperidine rings is 1. The number of nitrogens with one attached hydrogen (secondary N) is 1. The van der Waals surface area contributed by atoms with Crippen molar-refractivity contribution in [3.8, 4) is 0 Å². The molecule has 0 saturated carbocycles. The van der Waals surface area contributed by atoms with Crippen molar-refractivity contribution in [1.82, 2.24) is 10.2 Å². The molecule has 2 rings (SSSR count). The van der Waals surface area contributed by atoms with Gasteiger partial charge in [0.2, 0.25) is 5.91 Å². The molecule has 1 fully saturated rings. The maximum atomic E-state index is 12.5. The molecule has 1 aromatic rings. The molecule has 0 aromatic heterocycles. The summed E-state index contributed by atoms with van der Waals surface area (Å²) in [6.07, 6.45) is 1.55. The lowest BCUT2D eigenvalue weighted by molar-refractivity contribution is -0.127. The first-order valence-electron chi connectivity index (χ1n) is 7.47. The number of amides is 2. The van der Waals surface area contributed by atoms with Gasteiger partial charge in [-0.05, 0) is 44.0 Å². The van der Waals surface area contributed by atoms with Gasteiger partial charge in [0.25, 0.3) is 5.91 Å². The zero-order valence-electron chi connectivity index (χ0n) is 12.6. The van der Waals surface area contributed by atoms with Crippen LogP contribution >= 0.6 is 11.6 Å². The van der Waals surface area contributed by atoms with E-state index in [1.54, 1.807) is 36.1 Å². The number of aliphatic hydroxyl groups excluding tert-OH is 1. The van der Waals surface area contributed by atoms with Crippen LogP contribution in [0.5, 0.6) is 0 Å². The molecule has 6 heteroatoms. The van der Waals surface area contributed by atoms with E-state index in [9.17, 15) is 9.59 Å². The quantitative estimate of drug-likeness (QED) is 0.885. The number of aliphatic hydroxyl groups is 1. The Balaban J connectivity index is 1.99. The van der Waals surface area contributed by atoms with Crippen molar-refractivity contribution < 1.29 is 14.7 Å². The maximum Gasteiger partial charge on any atom is 0.253 e. The lowest BCUT2D eigenvalue weighted by Gasteiger charge is -2.32. The molecule has 0 aliphatic carbocycles. The summed E-state index contributed by atoms with van der Waals surface area (Å²) in [7, 11) is 0. The number of rotatable bonds is 4. The number of benzene rings is 1. The molecule has 2 atom stereocenters. The molecule has 120 valence electrons. The van der Waals surface area contributed by atoms with E-state index in [-0.39, 0.29) is 30.4 Å². The molecule has 2 unspecified atom stereocenters. The van der Waals surface area contributed by atoms with E-state index in [0.717, 1.165) is 12.8 Å². The van der Waals surface area contributed by atoms with Gasteiger partial charge in [0.15, 0.2) is 0 Å². The van der Waals surface area contributed by atoms with Crippen molar-refractivity contribution in [3.63, 3.8) is 0 Å². The smallest absolute Gasteiger partial charge is 0.253 e. The van der Waals surface area contributed by atoms with E-state index in [4.69, 9.17) is 16.7 Å². The third-order valence-electron chi connectivity index (χ3n) is 3.83. The van der Waals surface area contributed by atoms with Crippen molar-refractivity contribution in [2.75, 3.05) is 19.7 Å². The highest BCUT2D eigenvalue weighted by Gasteiger charge is 2.29. The molecular formula is C16H21ClN2O3. The van der Waals surface area contributed by atoms with Gasteiger partial charge in [-0.25, -0.2) is 0 Å². The second-order valence-corrected chi connectivity index (χ2v) is 6.13. The fourth-order valence-corrected chi connectivity index (χ4v) is 2.68. The molecular weight excluding hydrogens is 304 g/mol. The predicted octanol–water partition coefficient (Wildman–Crippen LogP) is 1.69. The summed E-state index contributed by atoms with van der Waals surface area (Å²) in [4.78, 5) is 26.3. The number of hydrogen-bond donors (Lipinski definition) is 2. The Hall–Kier alpha value is -1.59. The molecule has 1 heterocycles. The van der Waals surface area contributed by atoms with Crippen LogP contribution in [0.2, 0.25) is 5.02 Å². The van der Waals surface area contributed by atoms with E-state index < -0.39 is 0 Å². The minimum absolute atomic E-state index is 0.0793. The summed E-state index contributed by atoms with van der Waals surface area (Å²) >= 11 is 5.83. The topological polar surface area (TPSA) is 69.6 Å². The highest BCUT2D eigenvalue weighted by Crippen LogP contribution is 2.20. The van der Waals surface area contributed by atoms with Gasteiger partial charge in [-0.3, -0.25) is 9.59 Å². The maximum absolute atomic E-state index is 12.5. The molecule has 1 aliphatic rings. The minimum atomic E-state index is -0.269. The van der Waals surface area contributed by atoms with Crippen LogP contribution in [-0.4, -0.2) is 47.6 Å². The summed E-state index contributed by atoms with van der Waals surface area (Å²) in [5.41, 5.74) is 0.578. The van der Waals surface area contributed by atoms with E-state index >= 15 is 0 Å². The Morgan fingerprint density at radius 2 is 2.09 bits per heavy atom. The van der Waals surface area contributed by atoms with Crippen LogP contribution in [0.4, 0.5) is 0 Å². The van der Waals surface area contributed by atoms with Crippen molar-refractivity contribution in [2.24, 2.45) is 5.92 Å². The SMILES string of the molecule is CC(CO)NC(=O)C1CCCN(C(=O)c2ccc(Cl)cc2)C1. The first kappa shape index (κ1) is 16.8. The number of halogens is 1. The van der Waals surface area contributed by atoms with E-state index in [1.165, 1.54) is 0 Å². The van der Waals surface area contributed by atoms with Crippen molar-refractivity contribution in [2.45, 2.75) is 25.8 Å². The molecule has 2 amide bonds. The lowest BCUT2D eigenvalue weighted by atomic mass is 9.96. The van der Waals surface area contributed by atoms with Crippen LogP contribution in [-0.2, 0) is 4.79 Å². The number of carbonyl (C=O) groups excluding carboxylic acids is 2. The van der Waals surface area contributed by atoms with E-state index in [0.29, 0.717) is 23.7 Å². The first-order valence-corrected chi connectivity index (χ1v) is 7.85. The molecule has 1 saturated heterocycles. The van der Waals surface area contributed by atoms with Gasteiger partial charge in [0.05, 0.1) is 12.5 Å². The second-order valence-electron chi connectivity index (χ2n) is 5.69. The number of hydrogen-bond acceptors (Lipinski definition) is 3. The molecule has 22 heavy (non-hydrogen) atoms. The van der Waals surface area contributed by atoms with Crippen LogP contribution in [0.15, 0.2) is 24.3 Å². The van der Waals surface area contributed by atoms with Crippen LogP contribution in [0.3, 0.4) is 0 Å². The third-order valence-corrected chi connectivity index (χ3v) is 4.09. The molecule has 0 spiro atoms. The van der Waals surface area contributed by atoms with Crippen LogP contribution in [0.25, 0.3) is 0 Å². The predicted molar refractivity (Wildman–Crippen MR) is 84.8 cm³/mol. The zero-order chi connectivity index (χ0) is 16.1. The second kappa shape index (κ2) is 7.61. The first-order chi connectivity index (χ1) is 10.5. The lowest BCUT2D eigenvalue weighted by Crippen LogP contribution is -2.47. The Kier molecular flexibility index (Phi) is 5.80. The van der Waals surface area contributed by atoms with Gasteiger partial charge in [0.1, 0.15) is 0 Å². The van der Waals surface area contributed by atoms with Crippen molar-refractivity contribution >= 4 is 23.4 Å². The standard InChI is InChI=1S/C16H21ClN2O3/c1-11(10-20)18-15(21)13-3-2-8-19(9-13)16(22)12-4-6-14(17)7-5-12/h4-7,11,13,20H,2-3,8-10H2,1H3,(H,18,21). The Bertz CT molecular complexity index is 533. The normalized spacial score (nSPS) is 19.6. The van der Waals surface area contributed by atoms with Crippen LogP contribution in [0, 0.1) is 5.92 Å². The highest BCUT2D eigenvalue weighted by atomic mass is 35.5. The largest absolute Gasteiger partial charge is 0.394 e. The fourth-order valence-electron chi connectivity index (χ4n) is 2.56. The number of nitrogens with zero attached hydrogens (tertiary/aromatic N) is 1. The van der Waals surface area contributed by atoms with Crippen molar-refractivity contribution in [3.05, 3.63) is 34.9 Å². The highest BCUT2D eigenvalue weighted by molar-refractivity contribution is 6.30. The average Bonchev–Trinajstić information content (AvgIpc) is 2.54. The fraction of sp³-hybridized carbons (Fsp3) is 0.500. The third kappa shape index (κ3) is 4.21. The van der Waals surface area contributed by atoms with Gasteiger partial charge in [-0.2, -0.15) is 0 Å². The zero-order valence-corrected chi connectivity index (χ0v) is 13.3. The summed E-state index contributed by atoms with van der Waals surface area (Å²) < 4.78 is 0. The number of carbonyl (C=O) groups is 2. The molecule has 1 aliphatic heterocycles. The summed E-state index contributed by atoms with van der Waals surface area (Å²) in [5, 5.41) is 12.4. The Morgan fingerprint density at radius 1 is 1.41 bits per heavy atom. The molecule has 2 N–H and O–H groups in total. The van der Waals surface area contributed by atoms with Gasteiger partial charge in [0, 0.05) is 29.7 Å². The summed E-state index contributed by atoms with van der Waals surface area (Å²) in [6.45, 7) is 2.72. The van der Waals surface area contributed by atoms with Gasteiger partial charge >= 0.3 is 0 Å². The Labute approximate surface area is 135 Å². The van der Waals surface area contributed by atoms with Crippen LogP contribution < -0.4 is 5.32 Å².